The molecule has 0 spiro atoms. The number of hydrogen-bond donors (Lipinski definition) is 1. The van der Waals surface area contributed by atoms with Crippen LogP contribution in [-0.2, 0) is 6.54 Å². The van der Waals surface area contributed by atoms with Crippen LogP contribution in [0.1, 0.15) is 11.1 Å². The van der Waals surface area contributed by atoms with Gasteiger partial charge in [0, 0.05) is 12.1 Å². The third-order valence-electron chi connectivity index (χ3n) is 3.92. The van der Waals surface area contributed by atoms with Crippen molar-refractivity contribution in [1.82, 2.24) is 5.32 Å². The van der Waals surface area contributed by atoms with Crippen LogP contribution < -0.4 is 14.8 Å². The minimum atomic E-state index is 0.292. The highest BCUT2D eigenvalue weighted by Crippen LogP contribution is 2.32. The van der Waals surface area contributed by atoms with Crippen LogP contribution in [-0.4, -0.2) is 11.8 Å². The first-order chi connectivity index (χ1) is 11.3. The van der Waals surface area contributed by atoms with E-state index in [4.69, 9.17) is 21.7 Å². The van der Waals surface area contributed by atoms with E-state index < -0.39 is 0 Å². The first kappa shape index (κ1) is 14.0. The Bertz CT molecular complexity index is 886. The Balaban J connectivity index is 1.53. The summed E-state index contributed by atoms with van der Waals surface area (Å²) in [5.74, 6) is 1.59. The highest BCUT2D eigenvalue weighted by molar-refractivity contribution is 7.80. The molecule has 1 aliphatic rings. The number of hydrogen-bond acceptors (Lipinski definition) is 3. The number of benzene rings is 3. The third-order valence-corrected chi connectivity index (χ3v) is 4.29. The lowest BCUT2D eigenvalue weighted by atomic mass is 10.0. The fraction of sp³-hybridized carbons (Fsp3) is 0.105. The minimum absolute atomic E-state index is 0.292. The maximum absolute atomic E-state index is 5.58. The van der Waals surface area contributed by atoms with E-state index >= 15 is 0 Å². The smallest absolute Gasteiger partial charge is 0.231 e. The van der Waals surface area contributed by atoms with Gasteiger partial charge in [-0.1, -0.05) is 60.7 Å². The average Bonchev–Trinajstić information content (AvgIpc) is 3.07. The zero-order chi connectivity index (χ0) is 15.6. The van der Waals surface area contributed by atoms with E-state index in [9.17, 15) is 0 Å². The van der Waals surface area contributed by atoms with Crippen molar-refractivity contribution in [2.45, 2.75) is 6.54 Å². The summed E-state index contributed by atoms with van der Waals surface area (Å²) in [5, 5.41) is 5.69. The second kappa shape index (κ2) is 5.89. The van der Waals surface area contributed by atoms with E-state index in [0.717, 1.165) is 33.0 Å². The molecule has 0 bridgehead atoms. The van der Waals surface area contributed by atoms with Crippen LogP contribution in [0.25, 0.3) is 10.8 Å². The lowest BCUT2D eigenvalue weighted by molar-refractivity contribution is 0.174. The second-order valence-corrected chi connectivity index (χ2v) is 5.81. The molecule has 1 N–H and O–H groups in total. The predicted octanol–water partition coefficient (Wildman–Crippen LogP) is 4.03. The zero-order valence-corrected chi connectivity index (χ0v) is 13.2. The first-order valence-corrected chi connectivity index (χ1v) is 7.86. The normalized spacial score (nSPS) is 12.3. The van der Waals surface area contributed by atoms with Gasteiger partial charge in [-0.15, -0.1) is 0 Å². The lowest BCUT2D eigenvalue weighted by Crippen LogP contribution is -2.21. The van der Waals surface area contributed by atoms with Gasteiger partial charge in [0.2, 0.25) is 6.79 Å². The first-order valence-electron chi connectivity index (χ1n) is 7.46. The van der Waals surface area contributed by atoms with Crippen LogP contribution in [0.5, 0.6) is 11.5 Å². The second-order valence-electron chi connectivity index (χ2n) is 5.40. The molecule has 3 aromatic carbocycles. The lowest BCUT2D eigenvalue weighted by Gasteiger charge is -2.11. The molecule has 0 atom stereocenters. The number of rotatable bonds is 3. The maximum atomic E-state index is 5.58. The summed E-state index contributed by atoms with van der Waals surface area (Å²) in [4.78, 5) is 0.750. The van der Waals surface area contributed by atoms with Crippen LogP contribution in [0.15, 0.2) is 60.7 Å². The molecular formula is C19H15NO2S. The maximum Gasteiger partial charge on any atom is 0.231 e. The Morgan fingerprint density at radius 3 is 2.74 bits per heavy atom. The molecule has 0 saturated carbocycles. The average molecular weight is 321 g/mol. The minimum Gasteiger partial charge on any atom is -0.454 e. The molecule has 3 aromatic rings. The summed E-state index contributed by atoms with van der Waals surface area (Å²) in [5.41, 5.74) is 2.16. The summed E-state index contributed by atoms with van der Waals surface area (Å²) in [7, 11) is 0. The predicted molar refractivity (Wildman–Crippen MR) is 95.1 cm³/mol. The summed E-state index contributed by atoms with van der Waals surface area (Å²) in [6.07, 6.45) is 0. The molecular weight excluding hydrogens is 306 g/mol. The molecule has 0 fully saturated rings. The van der Waals surface area contributed by atoms with Crippen molar-refractivity contribution in [3.8, 4) is 11.5 Å². The molecule has 0 unspecified atom stereocenters. The molecule has 23 heavy (non-hydrogen) atoms. The Morgan fingerprint density at radius 1 is 0.957 bits per heavy atom. The molecule has 0 aromatic heterocycles. The van der Waals surface area contributed by atoms with Crippen molar-refractivity contribution in [2.24, 2.45) is 0 Å². The molecule has 0 aliphatic carbocycles. The fourth-order valence-corrected chi connectivity index (χ4v) is 3.00. The molecule has 0 saturated heterocycles. The van der Waals surface area contributed by atoms with Crippen LogP contribution in [0.2, 0.25) is 0 Å². The molecule has 4 rings (SSSR count). The largest absolute Gasteiger partial charge is 0.454 e. The van der Waals surface area contributed by atoms with E-state index in [1.807, 2.05) is 36.4 Å². The monoisotopic (exact) mass is 321 g/mol. The number of ether oxygens (including phenoxy) is 2. The van der Waals surface area contributed by atoms with Crippen molar-refractivity contribution in [3.05, 3.63) is 71.8 Å². The summed E-state index contributed by atoms with van der Waals surface area (Å²) < 4.78 is 10.7. The van der Waals surface area contributed by atoms with E-state index in [-0.39, 0.29) is 0 Å². The van der Waals surface area contributed by atoms with Gasteiger partial charge >= 0.3 is 0 Å². The SMILES string of the molecule is S=C(NCc1ccc2c(c1)OCO2)c1cccc2ccccc12. The summed E-state index contributed by atoms with van der Waals surface area (Å²) in [6.45, 7) is 0.944. The van der Waals surface area contributed by atoms with E-state index in [0.29, 0.717) is 13.3 Å². The van der Waals surface area contributed by atoms with Crippen LogP contribution >= 0.6 is 12.2 Å². The van der Waals surface area contributed by atoms with Crippen molar-refractivity contribution in [2.75, 3.05) is 6.79 Å². The van der Waals surface area contributed by atoms with Crippen molar-refractivity contribution in [1.29, 1.82) is 0 Å². The van der Waals surface area contributed by atoms with Gasteiger partial charge in [0.15, 0.2) is 11.5 Å². The summed E-state index contributed by atoms with van der Waals surface area (Å²) >= 11 is 5.58. The van der Waals surface area contributed by atoms with Gasteiger partial charge in [-0.25, -0.2) is 0 Å². The van der Waals surface area contributed by atoms with Crippen LogP contribution in [0.4, 0.5) is 0 Å². The standard InChI is InChI=1S/C19H15NO2S/c23-19(16-7-3-5-14-4-1-2-6-15(14)16)20-11-13-8-9-17-18(10-13)22-12-21-17/h1-10H,11-12H2,(H,20,23). The highest BCUT2D eigenvalue weighted by atomic mass is 32.1. The van der Waals surface area contributed by atoms with Gasteiger partial charge in [0.1, 0.15) is 4.99 Å². The van der Waals surface area contributed by atoms with E-state index in [2.05, 4.69) is 29.6 Å². The molecule has 4 heteroatoms. The Morgan fingerprint density at radius 2 is 1.78 bits per heavy atom. The van der Waals surface area contributed by atoms with Gasteiger partial charge in [-0.2, -0.15) is 0 Å². The van der Waals surface area contributed by atoms with Crippen LogP contribution in [0, 0.1) is 0 Å². The molecule has 114 valence electrons. The van der Waals surface area contributed by atoms with Gasteiger partial charge in [0.05, 0.1) is 0 Å². The molecule has 1 heterocycles. The molecule has 0 amide bonds. The fourth-order valence-electron chi connectivity index (χ4n) is 2.75. The van der Waals surface area contributed by atoms with E-state index in [1.165, 1.54) is 5.39 Å². The van der Waals surface area contributed by atoms with Gasteiger partial charge in [-0.05, 0) is 28.5 Å². The summed E-state index contributed by atoms with van der Waals surface area (Å²) in [6, 6.07) is 20.4. The Labute approximate surface area is 139 Å². The van der Waals surface area contributed by atoms with Gasteiger partial charge in [0.25, 0.3) is 0 Å². The van der Waals surface area contributed by atoms with Crippen molar-refractivity contribution in [3.63, 3.8) is 0 Å². The molecule has 3 nitrogen and oxygen atoms in total. The number of fused-ring (bicyclic) bond motifs is 2. The molecule has 1 aliphatic heterocycles. The van der Waals surface area contributed by atoms with Gasteiger partial charge < -0.3 is 14.8 Å². The Hall–Kier alpha value is -2.59. The van der Waals surface area contributed by atoms with Gasteiger partial charge in [-0.3, -0.25) is 0 Å². The van der Waals surface area contributed by atoms with E-state index in [1.54, 1.807) is 0 Å². The van der Waals surface area contributed by atoms with Crippen molar-refractivity contribution < 1.29 is 9.47 Å². The Kier molecular flexibility index (Phi) is 3.60. The topological polar surface area (TPSA) is 30.5 Å². The molecule has 0 radical (unpaired) electrons. The van der Waals surface area contributed by atoms with Crippen LogP contribution in [0.3, 0.4) is 0 Å². The number of thiocarbonyl (C=S) groups is 1. The third kappa shape index (κ3) is 2.73. The zero-order valence-electron chi connectivity index (χ0n) is 12.4. The highest BCUT2D eigenvalue weighted by Gasteiger charge is 2.13. The van der Waals surface area contributed by atoms with Crippen molar-refractivity contribution >= 4 is 28.0 Å². The number of nitrogens with one attached hydrogen (secondary N) is 1. The quantitative estimate of drug-likeness (QED) is 0.738.